The van der Waals surface area contributed by atoms with Crippen molar-refractivity contribution in [2.24, 2.45) is 5.41 Å². The maximum absolute atomic E-state index is 11.3. The number of carboxylic acid groups (broad SMARTS) is 1. The van der Waals surface area contributed by atoms with Crippen molar-refractivity contribution in [1.29, 1.82) is 0 Å². The number of carboxylic acids is 1. The van der Waals surface area contributed by atoms with Crippen molar-refractivity contribution in [3.63, 3.8) is 0 Å². The number of nitrogens with one attached hydrogen (secondary N) is 3. The average molecular weight is 229 g/mol. The molecule has 92 valence electrons. The first-order valence-electron chi connectivity index (χ1n) is 5.50. The van der Waals surface area contributed by atoms with Gasteiger partial charge in [0, 0.05) is 13.1 Å². The van der Waals surface area contributed by atoms with E-state index in [0.29, 0.717) is 19.4 Å². The van der Waals surface area contributed by atoms with Crippen LogP contribution in [0.25, 0.3) is 0 Å². The molecular weight excluding hydrogens is 210 g/mol. The van der Waals surface area contributed by atoms with E-state index in [1.165, 1.54) is 0 Å². The molecule has 1 saturated carbocycles. The average Bonchev–Trinajstić information content (AvgIpc) is 3.03. The van der Waals surface area contributed by atoms with Gasteiger partial charge in [-0.05, 0) is 32.9 Å². The Labute approximate surface area is 94.8 Å². The van der Waals surface area contributed by atoms with Gasteiger partial charge in [0.1, 0.15) is 0 Å². The lowest BCUT2D eigenvalue weighted by Crippen LogP contribution is -2.41. The van der Waals surface area contributed by atoms with Gasteiger partial charge in [-0.25, -0.2) is 4.79 Å². The van der Waals surface area contributed by atoms with Crippen molar-refractivity contribution < 1.29 is 14.7 Å². The highest BCUT2D eigenvalue weighted by Crippen LogP contribution is 2.45. The lowest BCUT2D eigenvalue weighted by Gasteiger charge is -2.11. The molecule has 0 aliphatic heterocycles. The molecule has 0 saturated heterocycles. The molecule has 4 N–H and O–H groups in total. The SMILES string of the molecule is CNCCCNC(=O)NCC1(C(=O)O)CC1. The highest BCUT2D eigenvalue weighted by Gasteiger charge is 2.50. The van der Waals surface area contributed by atoms with Crippen molar-refractivity contribution in [3.05, 3.63) is 0 Å². The third-order valence-electron chi connectivity index (χ3n) is 2.78. The van der Waals surface area contributed by atoms with Crippen LogP contribution in [0.2, 0.25) is 0 Å². The molecule has 0 unspecified atom stereocenters. The van der Waals surface area contributed by atoms with Crippen LogP contribution in [0.15, 0.2) is 0 Å². The third kappa shape index (κ3) is 3.69. The standard InChI is InChI=1S/C10H19N3O3/c1-11-5-2-6-12-9(16)13-7-10(3-4-10)8(14)15/h11H,2-7H2,1H3,(H,14,15)(H2,12,13,16). The van der Waals surface area contributed by atoms with Crippen molar-refractivity contribution in [1.82, 2.24) is 16.0 Å². The number of urea groups is 1. The Hall–Kier alpha value is -1.30. The van der Waals surface area contributed by atoms with Crippen molar-refractivity contribution >= 4 is 12.0 Å². The van der Waals surface area contributed by atoms with Crippen LogP contribution in [0.5, 0.6) is 0 Å². The van der Waals surface area contributed by atoms with Gasteiger partial charge >= 0.3 is 12.0 Å². The van der Waals surface area contributed by atoms with Crippen molar-refractivity contribution in [2.75, 3.05) is 26.7 Å². The van der Waals surface area contributed by atoms with Gasteiger partial charge in [-0.3, -0.25) is 4.79 Å². The summed E-state index contributed by atoms with van der Waals surface area (Å²) in [5.41, 5.74) is -0.692. The normalized spacial score (nSPS) is 16.6. The van der Waals surface area contributed by atoms with Crippen LogP contribution in [-0.2, 0) is 4.79 Å². The molecule has 0 radical (unpaired) electrons. The largest absolute Gasteiger partial charge is 0.481 e. The summed E-state index contributed by atoms with van der Waals surface area (Å²) in [5, 5.41) is 17.1. The van der Waals surface area contributed by atoms with Gasteiger partial charge in [0.25, 0.3) is 0 Å². The molecule has 0 atom stereocenters. The second-order valence-electron chi connectivity index (χ2n) is 4.15. The molecule has 2 amide bonds. The van der Waals surface area contributed by atoms with E-state index in [2.05, 4.69) is 16.0 Å². The summed E-state index contributed by atoms with van der Waals surface area (Å²) in [4.78, 5) is 22.1. The minimum Gasteiger partial charge on any atom is -0.481 e. The molecule has 16 heavy (non-hydrogen) atoms. The van der Waals surface area contributed by atoms with E-state index in [4.69, 9.17) is 5.11 Å². The number of rotatable bonds is 7. The molecule has 0 heterocycles. The second-order valence-corrected chi connectivity index (χ2v) is 4.15. The number of carbonyl (C=O) groups excluding carboxylic acids is 1. The van der Waals surface area contributed by atoms with Gasteiger partial charge in [-0.15, -0.1) is 0 Å². The maximum Gasteiger partial charge on any atom is 0.314 e. The van der Waals surface area contributed by atoms with E-state index in [1.807, 2.05) is 7.05 Å². The van der Waals surface area contributed by atoms with Crippen LogP contribution in [-0.4, -0.2) is 43.8 Å². The monoisotopic (exact) mass is 229 g/mol. The Bertz CT molecular complexity index is 264. The Morgan fingerprint density at radius 2 is 1.94 bits per heavy atom. The molecule has 0 spiro atoms. The molecule has 0 aromatic rings. The van der Waals surface area contributed by atoms with E-state index in [0.717, 1.165) is 13.0 Å². The van der Waals surface area contributed by atoms with Gasteiger partial charge in [-0.2, -0.15) is 0 Å². The number of carbonyl (C=O) groups is 2. The summed E-state index contributed by atoms with van der Waals surface area (Å²) in [7, 11) is 1.85. The fourth-order valence-corrected chi connectivity index (χ4v) is 1.40. The van der Waals surface area contributed by atoms with E-state index in [9.17, 15) is 9.59 Å². The molecule has 1 aliphatic carbocycles. The first-order chi connectivity index (χ1) is 7.60. The minimum absolute atomic E-state index is 0.222. The zero-order chi connectivity index (χ0) is 12.0. The quantitative estimate of drug-likeness (QED) is 0.453. The summed E-state index contributed by atoms with van der Waals surface area (Å²) < 4.78 is 0. The van der Waals surface area contributed by atoms with Gasteiger partial charge < -0.3 is 21.1 Å². The summed E-state index contributed by atoms with van der Waals surface area (Å²) in [6, 6.07) is -0.288. The first-order valence-corrected chi connectivity index (χ1v) is 5.50. The molecule has 6 nitrogen and oxygen atoms in total. The van der Waals surface area contributed by atoms with Crippen molar-refractivity contribution in [3.8, 4) is 0 Å². The zero-order valence-corrected chi connectivity index (χ0v) is 9.51. The molecule has 1 rings (SSSR count). The topological polar surface area (TPSA) is 90.5 Å². The fourth-order valence-electron chi connectivity index (χ4n) is 1.40. The third-order valence-corrected chi connectivity index (χ3v) is 2.78. The maximum atomic E-state index is 11.3. The highest BCUT2D eigenvalue weighted by atomic mass is 16.4. The molecule has 1 aliphatic rings. The van der Waals surface area contributed by atoms with E-state index in [1.54, 1.807) is 0 Å². The Balaban J connectivity index is 2.09. The predicted molar refractivity (Wildman–Crippen MR) is 59.2 cm³/mol. The Kier molecular flexibility index (Phi) is 4.54. The van der Waals surface area contributed by atoms with Crippen LogP contribution in [0.1, 0.15) is 19.3 Å². The molecular formula is C10H19N3O3. The summed E-state index contributed by atoms with van der Waals surface area (Å²) in [6.45, 7) is 1.66. The molecule has 0 aromatic heterocycles. The summed E-state index contributed by atoms with van der Waals surface area (Å²) in [5.74, 6) is -0.817. The zero-order valence-electron chi connectivity index (χ0n) is 9.51. The lowest BCUT2D eigenvalue weighted by molar-refractivity contribution is -0.143. The summed E-state index contributed by atoms with van der Waals surface area (Å²) in [6.07, 6.45) is 2.17. The molecule has 0 bridgehead atoms. The highest BCUT2D eigenvalue weighted by molar-refractivity contribution is 5.80. The van der Waals surface area contributed by atoms with Crippen LogP contribution in [0, 0.1) is 5.41 Å². The number of aliphatic carboxylic acids is 1. The van der Waals surface area contributed by atoms with Crippen LogP contribution < -0.4 is 16.0 Å². The Morgan fingerprint density at radius 1 is 1.25 bits per heavy atom. The minimum atomic E-state index is -0.817. The van der Waals surface area contributed by atoms with Crippen LogP contribution in [0.4, 0.5) is 4.79 Å². The number of hydrogen-bond acceptors (Lipinski definition) is 3. The fraction of sp³-hybridized carbons (Fsp3) is 0.800. The van der Waals surface area contributed by atoms with Gasteiger partial charge in [-0.1, -0.05) is 0 Å². The van der Waals surface area contributed by atoms with Crippen LogP contribution in [0.3, 0.4) is 0 Å². The van der Waals surface area contributed by atoms with Gasteiger partial charge in [0.2, 0.25) is 0 Å². The predicted octanol–water partition coefficient (Wildman–Crippen LogP) is -0.240. The summed E-state index contributed by atoms with van der Waals surface area (Å²) >= 11 is 0. The molecule has 6 heteroatoms. The van der Waals surface area contributed by atoms with Crippen LogP contribution >= 0.6 is 0 Å². The number of amides is 2. The molecule has 0 aromatic carbocycles. The van der Waals surface area contributed by atoms with Gasteiger partial charge in [0.15, 0.2) is 0 Å². The van der Waals surface area contributed by atoms with E-state index < -0.39 is 11.4 Å². The van der Waals surface area contributed by atoms with E-state index >= 15 is 0 Å². The van der Waals surface area contributed by atoms with Gasteiger partial charge in [0.05, 0.1) is 5.41 Å². The lowest BCUT2D eigenvalue weighted by atomic mass is 10.1. The first kappa shape index (κ1) is 12.8. The van der Waals surface area contributed by atoms with E-state index in [-0.39, 0.29) is 12.6 Å². The second kappa shape index (κ2) is 5.69. The molecule has 1 fully saturated rings. The smallest absolute Gasteiger partial charge is 0.314 e. The number of hydrogen-bond donors (Lipinski definition) is 4. The van der Waals surface area contributed by atoms with Crippen molar-refractivity contribution in [2.45, 2.75) is 19.3 Å². The Morgan fingerprint density at radius 3 is 2.44 bits per heavy atom.